The van der Waals surface area contributed by atoms with Gasteiger partial charge in [0, 0.05) is 48.3 Å². The molecule has 0 unspecified atom stereocenters. The minimum Gasteiger partial charge on any atom is -0.496 e. The summed E-state index contributed by atoms with van der Waals surface area (Å²) in [6.07, 6.45) is 2.26. The Morgan fingerprint density at radius 2 is 1.97 bits per heavy atom. The molecule has 0 aliphatic carbocycles. The van der Waals surface area contributed by atoms with Crippen molar-refractivity contribution in [2.24, 2.45) is 5.92 Å². The Balaban J connectivity index is 1.50. The molecule has 2 aliphatic rings. The summed E-state index contributed by atoms with van der Waals surface area (Å²) in [5.74, 6) is 0.0417. The number of piperidine rings is 1. The zero-order valence-electron chi connectivity index (χ0n) is 19.9. The number of methoxy groups -OCH3 is 1. The molecule has 0 saturated carbocycles. The molecule has 188 valence electrons. The number of nitrogens with one attached hydrogen (secondary N) is 1. The first-order valence-electron chi connectivity index (χ1n) is 11.8. The van der Waals surface area contributed by atoms with Crippen LogP contribution in [-0.2, 0) is 32.6 Å². The van der Waals surface area contributed by atoms with Gasteiger partial charge in [0.25, 0.3) is 0 Å². The topological polar surface area (TPSA) is 96.0 Å². The van der Waals surface area contributed by atoms with Crippen molar-refractivity contribution in [2.45, 2.75) is 44.0 Å². The highest BCUT2D eigenvalue weighted by Gasteiger charge is 2.36. The Hall–Kier alpha value is -2.43. The van der Waals surface area contributed by atoms with Gasteiger partial charge in [0.2, 0.25) is 21.8 Å². The maximum Gasteiger partial charge on any atom is 0.244 e. The number of ether oxygens (including phenoxy) is 1. The second-order valence-electron chi connectivity index (χ2n) is 8.79. The molecule has 35 heavy (non-hydrogen) atoms. The van der Waals surface area contributed by atoms with Crippen molar-refractivity contribution in [2.75, 3.05) is 31.6 Å². The number of amides is 2. The van der Waals surface area contributed by atoms with Gasteiger partial charge in [-0.2, -0.15) is 4.31 Å². The van der Waals surface area contributed by atoms with Crippen molar-refractivity contribution >= 4 is 43.5 Å². The molecule has 2 aromatic rings. The second kappa shape index (κ2) is 10.7. The first-order chi connectivity index (χ1) is 16.8. The lowest BCUT2D eigenvalue weighted by molar-refractivity contribution is -0.126. The zero-order chi connectivity index (χ0) is 25.2. The van der Waals surface area contributed by atoms with Gasteiger partial charge >= 0.3 is 0 Å². The van der Waals surface area contributed by atoms with Crippen molar-refractivity contribution in [1.29, 1.82) is 0 Å². The van der Waals surface area contributed by atoms with Gasteiger partial charge in [0.05, 0.1) is 17.9 Å². The zero-order valence-corrected chi connectivity index (χ0v) is 22.3. The van der Waals surface area contributed by atoms with Crippen LogP contribution in [0.2, 0.25) is 0 Å². The molecule has 10 heteroatoms. The monoisotopic (exact) mass is 563 g/mol. The normalized spacial score (nSPS) is 18.3. The Morgan fingerprint density at radius 1 is 1.20 bits per heavy atom. The fourth-order valence-corrected chi connectivity index (χ4v) is 7.32. The number of hydrogen-bond donors (Lipinski definition) is 1. The van der Waals surface area contributed by atoms with Gasteiger partial charge in [-0.15, -0.1) is 0 Å². The Kier molecular flexibility index (Phi) is 7.83. The number of hydrogen-bond acceptors (Lipinski definition) is 5. The summed E-state index contributed by atoms with van der Waals surface area (Å²) in [6.45, 7) is 3.12. The summed E-state index contributed by atoms with van der Waals surface area (Å²) in [5, 5.41) is 2.93. The van der Waals surface area contributed by atoms with E-state index in [-0.39, 0.29) is 23.3 Å². The number of rotatable bonds is 7. The molecule has 0 spiro atoms. The van der Waals surface area contributed by atoms with E-state index in [4.69, 9.17) is 4.74 Å². The number of carbonyl (C=O) groups is 2. The Morgan fingerprint density at radius 3 is 2.71 bits per heavy atom. The van der Waals surface area contributed by atoms with E-state index >= 15 is 0 Å². The van der Waals surface area contributed by atoms with E-state index in [9.17, 15) is 18.0 Å². The summed E-state index contributed by atoms with van der Waals surface area (Å²) in [4.78, 5) is 27.1. The van der Waals surface area contributed by atoms with Crippen LogP contribution in [0.1, 0.15) is 37.3 Å². The molecule has 0 radical (unpaired) electrons. The first-order valence-corrected chi connectivity index (χ1v) is 14.0. The molecular weight excluding hydrogens is 534 g/mol. The summed E-state index contributed by atoms with van der Waals surface area (Å²) >= 11 is 3.43. The standard InChI is InChI=1S/C25H30BrN3O5S/c1-3-24(30)29-12-10-17-13-20(26)23(14-21(17)29)35(32,33)28-11-6-8-19(16-28)25(31)27-15-18-7-4-5-9-22(18)34-2/h4-5,7,9,13-14,19H,3,6,8,10-12,15-16H2,1-2H3,(H,27,31)/t19-/m0/s1. The molecule has 1 atom stereocenters. The van der Waals surface area contributed by atoms with E-state index in [1.165, 1.54) is 4.31 Å². The molecule has 8 nitrogen and oxygen atoms in total. The Bertz CT molecular complexity index is 1230. The molecule has 2 aromatic carbocycles. The molecule has 2 aliphatic heterocycles. The summed E-state index contributed by atoms with van der Waals surface area (Å²) in [6, 6.07) is 10.9. The van der Waals surface area contributed by atoms with Gasteiger partial charge in [-0.1, -0.05) is 25.1 Å². The van der Waals surface area contributed by atoms with Gasteiger partial charge < -0.3 is 15.0 Å². The van der Waals surface area contributed by atoms with E-state index in [0.717, 1.165) is 11.1 Å². The fraction of sp³-hybridized carbons (Fsp3) is 0.440. The van der Waals surface area contributed by atoms with Crippen LogP contribution >= 0.6 is 15.9 Å². The first kappa shape index (κ1) is 25.7. The van der Waals surface area contributed by atoms with E-state index in [2.05, 4.69) is 21.2 Å². The van der Waals surface area contributed by atoms with Crippen LogP contribution in [0.15, 0.2) is 45.8 Å². The van der Waals surface area contributed by atoms with Crippen LogP contribution in [0.3, 0.4) is 0 Å². The molecule has 4 rings (SSSR count). The number of nitrogens with zero attached hydrogens (tertiary/aromatic N) is 2. The molecule has 2 amide bonds. The van der Waals surface area contributed by atoms with Crippen molar-refractivity contribution in [1.82, 2.24) is 9.62 Å². The van der Waals surface area contributed by atoms with E-state index < -0.39 is 15.9 Å². The number of anilines is 1. The quantitative estimate of drug-likeness (QED) is 0.556. The maximum absolute atomic E-state index is 13.6. The summed E-state index contributed by atoms with van der Waals surface area (Å²) in [7, 11) is -2.28. The predicted octanol–water partition coefficient (Wildman–Crippen LogP) is 3.47. The third kappa shape index (κ3) is 5.24. The van der Waals surface area contributed by atoms with E-state index in [1.807, 2.05) is 24.3 Å². The van der Waals surface area contributed by atoms with Crippen molar-refractivity contribution in [3.8, 4) is 5.75 Å². The van der Waals surface area contributed by atoms with Gasteiger partial charge in [-0.05, 0) is 59.0 Å². The van der Waals surface area contributed by atoms with Gasteiger partial charge in [0.15, 0.2) is 0 Å². The molecule has 1 saturated heterocycles. The number of carbonyl (C=O) groups excluding carboxylic acids is 2. The van der Waals surface area contributed by atoms with E-state index in [1.54, 1.807) is 31.1 Å². The highest BCUT2D eigenvalue weighted by atomic mass is 79.9. The van der Waals surface area contributed by atoms with Crippen molar-refractivity contribution in [3.05, 3.63) is 52.0 Å². The van der Waals surface area contributed by atoms with Crippen LogP contribution < -0.4 is 15.0 Å². The van der Waals surface area contributed by atoms with Crippen LogP contribution in [0, 0.1) is 5.92 Å². The molecule has 2 heterocycles. The lowest BCUT2D eigenvalue weighted by atomic mass is 9.98. The fourth-order valence-electron chi connectivity index (χ4n) is 4.73. The van der Waals surface area contributed by atoms with Crippen LogP contribution in [0.5, 0.6) is 5.75 Å². The number of benzene rings is 2. The van der Waals surface area contributed by atoms with E-state index in [0.29, 0.717) is 61.2 Å². The van der Waals surface area contributed by atoms with Crippen LogP contribution in [0.25, 0.3) is 0 Å². The third-order valence-electron chi connectivity index (χ3n) is 6.65. The maximum atomic E-state index is 13.6. The molecule has 0 bridgehead atoms. The Labute approximate surface area is 214 Å². The second-order valence-corrected chi connectivity index (χ2v) is 11.6. The third-order valence-corrected chi connectivity index (χ3v) is 9.47. The van der Waals surface area contributed by atoms with Gasteiger partial charge in [-0.25, -0.2) is 8.42 Å². The highest BCUT2D eigenvalue weighted by Crippen LogP contribution is 2.37. The van der Waals surface area contributed by atoms with Gasteiger partial charge in [-0.3, -0.25) is 9.59 Å². The number of sulfonamides is 1. The molecular formula is C25H30BrN3O5S. The smallest absolute Gasteiger partial charge is 0.244 e. The van der Waals surface area contributed by atoms with Crippen molar-refractivity contribution in [3.63, 3.8) is 0 Å². The molecule has 1 N–H and O–H groups in total. The van der Waals surface area contributed by atoms with Gasteiger partial charge in [0.1, 0.15) is 5.75 Å². The largest absolute Gasteiger partial charge is 0.496 e. The minimum atomic E-state index is -3.87. The summed E-state index contributed by atoms with van der Waals surface area (Å²) in [5.41, 5.74) is 2.46. The number of fused-ring (bicyclic) bond motifs is 1. The molecule has 1 fully saturated rings. The molecule has 0 aromatic heterocycles. The SMILES string of the molecule is CCC(=O)N1CCc2cc(Br)c(S(=O)(=O)N3CCC[C@H](C(=O)NCc4ccccc4OC)C3)cc21. The van der Waals surface area contributed by atoms with Crippen LogP contribution in [-0.4, -0.2) is 51.3 Å². The lowest BCUT2D eigenvalue weighted by Crippen LogP contribution is -2.45. The number of para-hydroxylation sites is 1. The van der Waals surface area contributed by atoms with Crippen LogP contribution in [0.4, 0.5) is 5.69 Å². The summed E-state index contributed by atoms with van der Waals surface area (Å²) < 4.78 is 34.5. The number of halogens is 1. The van der Waals surface area contributed by atoms with Crippen molar-refractivity contribution < 1.29 is 22.7 Å². The minimum absolute atomic E-state index is 0.0285. The predicted molar refractivity (Wildman–Crippen MR) is 137 cm³/mol. The lowest BCUT2D eigenvalue weighted by Gasteiger charge is -2.31. The average molecular weight is 565 g/mol. The highest BCUT2D eigenvalue weighted by molar-refractivity contribution is 9.10. The average Bonchev–Trinajstić information content (AvgIpc) is 3.29.